The van der Waals surface area contributed by atoms with Crippen molar-refractivity contribution in [1.29, 1.82) is 0 Å². The van der Waals surface area contributed by atoms with Gasteiger partial charge < -0.3 is 20.1 Å². The zero-order chi connectivity index (χ0) is 17.2. The predicted molar refractivity (Wildman–Crippen MR) is 89.2 cm³/mol. The molecule has 0 saturated carbocycles. The van der Waals surface area contributed by atoms with E-state index in [0.717, 1.165) is 0 Å². The molecule has 1 amide bonds. The Morgan fingerprint density at radius 1 is 1.38 bits per heavy atom. The minimum atomic E-state index is -2.99. The highest BCUT2D eigenvalue weighted by atomic mass is 35.5. The molecule has 136 valence electrons. The second-order valence-electron chi connectivity index (χ2n) is 6.35. The fraction of sp³-hybridized carbons (Fsp3) is 0.562. The largest absolute Gasteiger partial charge is 0.493 e. The number of rotatable bonds is 4. The van der Waals surface area contributed by atoms with Crippen molar-refractivity contribution in [2.75, 3.05) is 20.2 Å². The first-order valence-electron chi connectivity index (χ1n) is 7.42. The number of carbonyl (C=O) groups is 1. The number of likely N-dealkylation sites (tertiary alicyclic amines) is 1. The SMILES string of the molecule is COc1ccc(C(=O)N2CCC(N)C(C)(C)C2)cc1OC(F)F.Cl. The Balaban J connectivity index is 0.00000288. The molecule has 2 rings (SSSR count). The van der Waals surface area contributed by atoms with Crippen LogP contribution in [0, 0.1) is 5.41 Å². The summed E-state index contributed by atoms with van der Waals surface area (Å²) in [5.41, 5.74) is 6.17. The monoisotopic (exact) mass is 364 g/mol. The van der Waals surface area contributed by atoms with E-state index in [-0.39, 0.29) is 46.8 Å². The third-order valence-electron chi connectivity index (χ3n) is 4.23. The molecule has 0 aliphatic carbocycles. The third kappa shape index (κ3) is 4.48. The lowest BCUT2D eigenvalue weighted by atomic mass is 9.79. The number of alkyl halides is 2. The van der Waals surface area contributed by atoms with Crippen LogP contribution in [0.5, 0.6) is 11.5 Å². The zero-order valence-electron chi connectivity index (χ0n) is 13.9. The molecular formula is C16H23ClF2N2O3. The molecule has 2 N–H and O–H groups in total. The van der Waals surface area contributed by atoms with E-state index in [1.807, 2.05) is 13.8 Å². The minimum Gasteiger partial charge on any atom is -0.493 e. The normalized spacial score (nSPS) is 19.6. The molecule has 0 radical (unpaired) electrons. The quantitative estimate of drug-likeness (QED) is 0.892. The Kier molecular flexibility index (Phi) is 6.80. The summed E-state index contributed by atoms with van der Waals surface area (Å²) in [6, 6.07) is 4.31. The van der Waals surface area contributed by atoms with Crippen LogP contribution in [0.2, 0.25) is 0 Å². The molecule has 1 unspecified atom stereocenters. The predicted octanol–water partition coefficient (Wildman–Crippen LogP) is 2.92. The molecule has 1 saturated heterocycles. The summed E-state index contributed by atoms with van der Waals surface area (Å²) < 4.78 is 34.4. The number of halogens is 3. The molecular weight excluding hydrogens is 342 g/mol. The summed E-state index contributed by atoms with van der Waals surface area (Å²) in [5.74, 6) is -0.226. The van der Waals surface area contributed by atoms with Crippen LogP contribution in [-0.4, -0.2) is 43.7 Å². The first-order valence-corrected chi connectivity index (χ1v) is 7.42. The van der Waals surface area contributed by atoms with Crippen LogP contribution < -0.4 is 15.2 Å². The highest BCUT2D eigenvalue weighted by Gasteiger charge is 2.35. The van der Waals surface area contributed by atoms with E-state index in [4.69, 9.17) is 10.5 Å². The van der Waals surface area contributed by atoms with E-state index in [9.17, 15) is 13.6 Å². The van der Waals surface area contributed by atoms with Crippen LogP contribution in [0.3, 0.4) is 0 Å². The Labute approximate surface area is 146 Å². The topological polar surface area (TPSA) is 64.8 Å². The van der Waals surface area contributed by atoms with Crippen molar-refractivity contribution in [3.05, 3.63) is 23.8 Å². The lowest BCUT2D eigenvalue weighted by molar-refractivity contribution is -0.0512. The van der Waals surface area contributed by atoms with E-state index < -0.39 is 6.61 Å². The van der Waals surface area contributed by atoms with Gasteiger partial charge >= 0.3 is 6.61 Å². The third-order valence-corrected chi connectivity index (χ3v) is 4.23. The van der Waals surface area contributed by atoms with E-state index >= 15 is 0 Å². The van der Waals surface area contributed by atoms with E-state index in [2.05, 4.69) is 4.74 Å². The van der Waals surface area contributed by atoms with Gasteiger partial charge in [-0.05, 0) is 30.0 Å². The van der Waals surface area contributed by atoms with E-state index in [1.54, 1.807) is 11.0 Å². The fourth-order valence-corrected chi connectivity index (χ4v) is 2.73. The maximum atomic E-state index is 12.6. The van der Waals surface area contributed by atoms with Gasteiger partial charge in [-0.25, -0.2) is 0 Å². The average molecular weight is 365 g/mol. The summed E-state index contributed by atoms with van der Waals surface area (Å²) in [4.78, 5) is 14.3. The highest BCUT2D eigenvalue weighted by molar-refractivity contribution is 5.95. The van der Waals surface area contributed by atoms with Crippen LogP contribution in [0.25, 0.3) is 0 Å². The lowest BCUT2D eigenvalue weighted by Gasteiger charge is -2.42. The van der Waals surface area contributed by atoms with E-state index in [0.29, 0.717) is 19.5 Å². The Bertz CT molecular complexity index is 584. The summed E-state index contributed by atoms with van der Waals surface area (Å²) in [6.45, 7) is 2.10. The first kappa shape index (κ1) is 20.4. The van der Waals surface area contributed by atoms with Crippen molar-refractivity contribution in [2.24, 2.45) is 11.1 Å². The number of ether oxygens (including phenoxy) is 2. The number of amides is 1. The number of piperidine rings is 1. The molecule has 1 atom stereocenters. The molecule has 1 aromatic rings. The van der Waals surface area contributed by atoms with Gasteiger partial charge in [-0.1, -0.05) is 13.8 Å². The molecule has 1 fully saturated rings. The van der Waals surface area contributed by atoms with Gasteiger partial charge in [0.1, 0.15) is 0 Å². The van der Waals surface area contributed by atoms with Gasteiger partial charge in [-0.2, -0.15) is 8.78 Å². The number of hydrogen-bond donors (Lipinski definition) is 1. The average Bonchev–Trinajstić information content (AvgIpc) is 2.48. The fourth-order valence-electron chi connectivity index (χ4n) is 2.73. The molecule has 0 aromatic heterocycles. The number of nitrogens with two attached hydrogens (primary N) is 1. The van der Waals surface area contributed by atoms with Crippen molar-refractivity contribution in [1.82, 2.24) is 4.90 Å². The van der Waals surface area contributed by atoms with Crippen molar-refractivity contribution in [3.63, 3.8) is 0 Å². The molecule has 8 heteroatoms. The van der Waals surface area contributed by atoms with Gasteiger partial charge in [-0.3, -0.25) is 4.79 Å². The van der Waals surface area contributed by atoms with Crippen LogP contribution in [0.15, 0.2) is 18.2 Å². The Morgan fingerprint density at radius 2 is 2.04 bits per heavy atom. The number of hydrogen-bond acceptors (Lipinski definition) is 4. The summed E-state index contributed by atoms with van der Waals surface area (Å²) in [6.07, 6.45) is 0.704. The van der Waals surface area contributed by atoms with Crippen molar-refractivity contribution in [3.8, 4) is 11.5 Å². The van der Waals surface area contributed by atoms with Gasteiger partial charge in [0.05, 0.1) is 7.11 Å². The van der Waals surface area contributed by atoms with Gasteiger partial charge in [0.2, 0.25) is 0 Å². The second-order valence-corrected chi connectivity index (χ2v) is 6.35. The highest BCUT2D eigenvalue weighted by Crippen LogP contribution is 2.32. The summed E-state index contributed by atoms with van der Waals surface area (Å²) in [7, 11) is 1.35. The van der Waals surface area contributed by atoms with Crippen LogP contribution in [-0.2, 0) is 0 Å². The molecule has 1 aromatic carbocycles. The van der Waals surface area contributed by atoms with E-state index in [1.165, 1.54) is 19.2 Å². The molecule has 0 spiro atoms. The standard InChI is InChI=1S/C16H22F2N2O3.ClH/c1-16(2)9-20(7-6-13(16)19)14(21)10-4-5-11(22-3)12(8-10)23-15(17)18;/h4-5,8,13,15H,6-7,9,19H2,1-3H3;1H. The Morgan fingerprint density at radius 3 is 2.58 bits per heavy atom. The van der Waals surface area contributed by atoms with Gasteiger partial charge in [0, 0.05) is 24.7 Å². The first-order chi connectivity index (χ1) is 10.7. The number of benzene rings is 1. The van der Waals surface area contributed by atoms with Crippen LogP contribution >= 0.6 is 12.4 Å². The second kappa shape index (κ2) is 7.98. The van der Waals surface area contributed by atoms with Crippen LogP contribution in [0.1, 0.15) is 30.6 Å². The molecule has 24 heavy (non-hydrogen) atoms. The molecule has 1 aliphatic heterocycles. The van der Waals surface area contributed by atoms with Crippen molar-refractivity contribution >= 4 is 18.3 Å². The van der Waals surface area contributed by atoms with Crippen LogP contribution in [0.4, 0.5) is 8.78 Å². The lowest BCUT2D eigenvalue weighted by Crippen LogP contribution is -2.54. The molecule has 1 aliphatic rings. The van der Waals surface area contributed by atoms with Gasteiger partial charge in [0.25, 0.3) is 5.91 Å². The Hall–Kier alpha value is -1.60. The molecule has 1 heterocycles. The molecule has 5 nitrogen and oxygen atoms in total. The maximum Gasteiger partial charge on any atom is 0.387 e. The molecule has 0 bridgehead atoms. The number of methoxy groups -OCH3 is 1. The van der Waals surface area contributed by atoms with Gasteiger partial charge in [-0.15, -0.1) is 12.4 Å². The zero-order valence-corrected chi connectivity index (χ0v) is 14.7. The summed E-state index contributed by atoms with van der Waals surface area (Å²) >= 11 is 0. The van der Waals surface area contributed by atoms with Crippen molar-refractivity contribution in [2.45, 2.75) is 32.9 Å². The number of carbonyl (C=O) groups excluding carboxylic acids is 1. The minimum absolute atomic E-state index is 0. The number of nitrogens with zero attached hydrogens (tertiary/aromatic N) is 1. The van der Waals surface area contributed by atoms with Gasteiger partial charge in [0.15, 0.2) is 11.5 Å². The smallest absolute Gasteiger partial charge is 0.387 e. The summed E-state index contributed by atoms with van der Waals surface area (Å²) in [5, 5.41) is 0. The van der Waals surface area contributed by atoms with Crippen molar-refractivity contribution < 1.29 is 23.0 Å². The maximum absolute atomic E-state index is 12.6.